The Morgan fingerprint density at radius 1 is 1.31 bits per heavy atom. The molecule has 1 atom stereocenters. The zero-order valence-corrected chi connectivity index (χ0v) is 11.2. The first-order chi connectivity index (χ1) is 7.36. The van der Waals surface area contributed by atoms with Crippen LogP contribution in [-0.4, -0.2) is 37.0 Å². The number of thioether (sulfide) groups is 1. The van der Waals surface area contributed by atoms with Crippen LogP contribution in [0.2, 0.25) is 0 Å². The van der Waals surface area contributed by atoms with Gasteiger partial charge in [-0.05, 0) is 43.2 Å². The molecule has 0 bridgehead atoms. The van der Waals surface area contributed by atoms with Crippen molar-refractivity contribution in [1.82, 2.24) is 10.6 Å². The molecule has 0 unspecified atom stereocenters. The molecule has 2 rings (SSSR count). The summed E-state index contributed by atoms with van der Waals surface area (Å²) in [5, 5.41) is 6.33. The van der Waals surface area contributed by atoms with Crippen LogP contribution < -0.4 is 10.6 Å². The predicted octanol–water partition coefficient (Wildman–Crippen LogP) is 1.28. The first-order valence-corrected chi connectivity index (χ1v) is 7.08. The number of nitrogens with one attached hydrogen (secondary N) is 2. The molecule has 94 valence electrons. The number of rotatable bonds is 3. The minimum absolute atomic E-state index is 0. The maximum absolute atomic E-state index is 11.7. The fraction of sp³-hybridized carbons (Fsp3) is 0.909. The number of halogens is 1. The molecule has 2 fully saturated rings. The molecule has 0 spiro atoms. The topological polar surface area (TPSA) is 41.1 Å². The minimum atomic E-state index is 0. The van der Waals surface area contributed by atoms with E-state index >= 15 is 0 Å². The highest BCUT2D eigenvalue weighted by Crippen LogP contribution is 2.22. The highest BCUT2D eigenvalue weighted by atomic mass is 35.5. The van der Waals surface area contributed by atoms with Gasteiger partial charge in [-0.15, -0.1) is 12.4 Å². The second-order valence-electron chi connectivity index (χ2n) is 4.49. The van der Waals surface area contributed by atoms with Gasteiger partial charge in [0.15, 0.2) is 0 Å². The van der Waals surface area contributed by atoms with Crippen LogP contribution in [0.15, 0.2) is 0 Å². The van der Waals surface area contributed by atoms with Crippen molar-refractivity contribution in [1.29, 1.82) is 0 Å². The number of hydrogen-bond donors (Lipinski definition) is 2. The summed E-state index contributed by atoms with van der Waals surface area (Å²) in [7, 11) is 0. The van der Waals surface area contributed by atoms with Crippen molar-refractivity contribution in [3.63, 3.8) is 0 Å². The van der Waals surface area contributed by atoms with E-state index < -0.39 is 0 Å². The van der Waals surface area contributed by atoms with Crippen molar-refractivity contribution < 1.29 is 4.79 Å². The number of hydrogen-bond acceptors (Lipinski definition) is 3. The highest BCUT2D eigenvalue weighted by molar-refractivity contribution is 7.99. The van der Waals surface area contributed by atoms with E-state index in [2.05, 4.69) is 10.6 Å². The molecular weight excluding hydrogens is 244 g/mol. The van der Waals surface area contributed by atoms with Crippen LogP contribution in [0.1, 0.15) is 19.3 Å². The zero-order valence-electron chi connectivity index (χ0n) is 9.54. The van der Waals surface area contributed by atoms with Gasteiger partial charge >= 0.3 is 0 Å². The van der Waals surface area contributed by atoms with Gasteiger partial charge in [-0.1, -0.05) is 0 Å². The SMILES string of the molecule is Cl.O=C(NCC1CCSCC1)[C@@H]1CCNC1. The molecule has 2 N–H and O–H groups in total. The van der Waals surface area contributed by atoms with Gasteiger partial charge in [0.05, 0.1) is 5.92 Å². The Bertz CT molecular complexity index is 216. The average molecular weight is 265 g/mol. The van der Waals surface area contributed by atoms with Gasteiger partial charge in [0.1, 0.15) is 0 Å². The molecular formula is C11H21ClN2OS. The van der Waals surface area contributed by atoms with Crippen LogP contribution in [0, 0.1) is 11.8 Å². The van der Waals surface area contributed by atoms with E-state index in [1.54, 1.807) is 0 Å². The summed E-state index contributed by atoms with van der Waals surface area (Å²) in [6.45, 7) is 2.76. The first kappa shape index (κ1) is 14.1. The van der Waals surface area contributed by atoms with Crippen LogP contribution >= 0.6 is 24.2 Å². The lowest BCUT2D eigenvalue weighted by Gasteiger charge is -2.22. The molecule has 0 saturated carbocycles. The Balaban J connectivity index is 0.00000128. The third-order valence-corrected chi connectivity index (χ3v) is 4.39. The largest absolute Gasteiger partial charge is 0.356 e. The lowest BCUT2D eigenvalue weighted by Crippen LogP contribution is -2.36. The molecule has 2 heterocycles. The molecule has 2 aliphatic heterocycles. The van der Waals surface area contributed by atoms with Crippen LogP contribution in [-0.2, 0) is 4.79 Å². The number of carbonyl (C=O) groups is 1. The summed E-state index contributed by atoms with van der Waals surface area (Å²) in [5.41, 5.74) is 0. The smallest absolute Gasteiger partial charge is 0.224 e. The summed E-state index contributed by atoms with van der Waals surface area (Å²) < 4.78 is 0. The normalized spacial score (nSPS) is 26.1. The molecule has 0 radical (unpaired) electrons. The van der Waals surface area contributed by atoms with Crippen molar-refractivity contribution in [2.75, 3.05) is 31.1 Å². The zero-order chi connectivity index (χ0) is 10.5. The fourth-order valence-corrected chi connectivity index (χ4v) is 3.42. The Hall–Kier alpha value is 0.0700. The molecule has 0 aromatic carbocycles. The Morgan fingerprint density at radius 3 is 2.69 bits per heavy atom. The molecule has 0 aromatic rings. The van der Waals surface area contributed by atoms with E-state index in [0.717, 1.165) is 32.0 Å². The molecule has 1 amide bonds. The van der Waals surface area contributed by atoms with Gasteiger partial charge in [0.2, 0.25) is 5.91 Å². The molecule has 2 aliphatic rings. The molecule has 2 saturated heterocycles. The van der Waals surface area contributed by atoms with E-state index in [1.807, 2.05) is 11.8 Å². The van der Waals surface area contributed by atoms with Crippen molar-refractivity contribution in [3.05, 3.63) is 0 Å². The van der Waals surface area contributed by atoms with Gasteiger partial charge in [-0.25, -0.2) is 0 Å². The molecule has 3 nitrogen and oxygen atoms in total. The number of carbonyl (C=O) groups excluding carboxylic acids is 1. The summed E-state index contributed by atoms with van der Waals surface area (Å²) in [6, 6.07) is 0. The van der Waals surface area contributed by atoms with Crippen molar-refractivity contribution in [2.45, 2.75) is 19.3 Å². The third kappa shape index (κ3) is 4.15. The second-order valence-corrected chi connectivity index (χ2v) is 5.72. The maximum atomic E-state index is 11.7. The quantitative estimate of drug-likeness (QED) is 0.807. The Kier molecular flexibility index (Phi) is 6.54. The van der Waals surface area contributed by atoms with Crippen LogP contribution in [0.4, 0.5) is 0 Å². The standard InChI is InChI=1S/C11H20N2OS.ClH/c14-11(10-1-4-12-8-10)13-7-9-2-5-15-6-3-9;/h9-10,12H,1-8H2,(H,13,14);1H/t10-;/m1./s1. The van der Waals surface area contributed by atoms with E-state index in [4.69, 9.17) is 0 Å². The summed E-state index contributed by atoms with van der Waals surface area (Å²) in [4.78, 5) is 11.7. The van der Waals surface area contributed by atoms with Gasteiger partial charge in [0.25, 0.3) is 0 Å². The monoisotopic (exact) mass is 264 g/mol. The fourth-order valence-electron chi connectivity index (χ4n) is 2.22. The van der Waals surface area contributed by atoms with Gasteiger partial charge in [-0.3, -0.25) is 4.79 Å². The second kappa shape index (κ2) is 7.41. The maximum Gasteiger partial charge on any atom is 0.224 e. The summed E-state index contributed by atoms with van der Waals surface area (Å²) >= 11 is 2.04. The van der Waals surface area contributed by atoms with Crippen molar-refractivity contribution in [3.8, 4) is 0 Å². The first-order valence-electron chi connectivity index (χ1n) is 5.92. The molecule has 0 aliphatic carbocycles. The minimum Gasteiger partial charge on any atom is -0.356 e. The molecule has 0 aromatic heterocycles. The van der Waals surface area contributed by atoms with Gasteiger partial charge < -0.3 is 10.6 Å². The van der Waals surface area contributed by atoms with Crippen LogP contribution in [0.3, 0.4) is 0 Å². The predicted molar refractivity (Wildman–Crippen MR) is 71.3 cm³/mol. The van der Waals surface area contributed by atoms with E-state index in [0.29, 0.717) is 0 Å². The molecule has 16 heavy (non-hydrogen) atoms. The van der Waals surface area contributed by atoms with Crippen molar-refractivity contribution >= 4 is 30.1 Å². The summed E-state index contributed by atoms with van der Waals surface area (Å²) in [6.07, 6.45) is 3.55. The average Bonchev–Trinajstić information content (AvgIpc) is 2.81. The van der Waals surface area contributed by atoms with E-state index in [1.165, 1.54) is 24.3 Å². The van der Waals surface area contributed by atoms with Gasteiger partial charge in [0, 0.05) is 13.1 Å². The van der Waals surface area contributed by atoms with E-state index in [-0.39, 0.29) is 24.2 Å². The third-order valence-electron chi connectivity index (χ3n) is 3.34. The Morgan fingerprint density at radius 2 is 2.06 bits per heavy atom. The van der Waals surface area contributed by atoms with Crippen molar-refractivity contribution in [2.24, 2.45) is 11.8 Å². The lowest BCUT2D eigenvalue weighted by molar-refractivity contribution is -0.124. The summed E-state index contributed by atoms with van der Waals surface area (Å²) in [5.74, 6) is 3.75. The highest BCUT2D eigenvalue weighted by Gasteiger charge is 2.23. The molecule has 5 heteroatoms. The van der Waals surface area contributed by atoms with Crippen LogP contribution in [0.5, 0.6) is 0 Å². The van der Waals surface area contributed by atoms with E-state index in [9.17, 15) is 4.79 Å². The van der Waals surface area contributed by atoms with Gasteiger partial charge in [-0.2, -0.15) is 11.8 Å². The number of amides is 1. The lowest BCUT2D eigenvalue weighted by atomic mass is 10.0. The van der Waals surface area contributed by atoms with Crippen LogP contribution in [0.25, 0.3) is 0 Å². The Labute approximate surface area is 108 Å².